The smallest absolute Gasteiger partial charge is 0.360 e. The lowest BCUT2D eigenvalue weighted by Crippen LogP contribution is -2.27. The molecule has 0 aliphatic heterocycles. The molecule has 6 aromatic rings. The third-order valence-electron chi connectivity index (χ3n) is 9.62. The maximum Gasteiger partial charge on any atom is 0.360 e. The van der Waals surface area contributed by atoms with Crippen LogP contribution < -0.4 is 14.2 Å². The highest BCUT2D eigenvalue weighted by molar-refractivity contribution is 7.19. The van der Waals surface area contributed by atoms with Crippen molar-refractivity contribution in [3.05, 3.63) is 145 Å². The monoisotopic (exact) mass is 958 g/mol. The Kier molecular flexibility index (Phi) is 16.0. The van der Waals surface area contributed by atoms with Crippen LogP contribution in [0.25, 0.3) is 20.9 Å². The number of amides is 2. The Bertz CT molecular complexity index is 2740. The number of nitrogens with zero attached hydrogens (tertiary/aromatic N) is 2. The number of carbonyl (C=O) groups excluding carboxylic acids is 4. The molecule has 14 nitrogen and oxygen atoms in total. The van der Waals surface area contributed by atoms with Crippen LogP contribution >= 0.6 is 45.9 Å². The van der Waals surface area contributed by atoms with Gasteiger partial charge in [0.1, 0.15) is 15.8 Å². The van der Waals surface area contributed by atoms with Gasteiger partial charge in [0, 0.05) is 40.0 Å². The molecule has 0 spiro atoms. The zero-order chi connectivity index (χ0) is 46.8. The zero-order valence-electron chi connectivity index (χ0n) is 35.0. The van der Waals surface area contributed by atoms with Gasteiger partial charge in [-0.15, -0.1) is 22.7 Å². The van der Waals surface area contributed by atoms with Crippen LogP contribution in [-0.4, -0.2) is 76.0 Å². The molecule has 0 saturated carbocycles. The van der Waals surface area contributed by atoms with E-state index in [2.05, 4.69) is 0 Å². The number of carbonyl (C=O) groups is 6. The van der Waals surface area contributed by atoms with Gasteiger partial charge in [0.25, 0.3) is 0 Å². The Hall–Kier alpha value is -6.72. The van der Waals surface area contributed by atoms with Crippen LogP contribution in [-0.2, 0) is 50.1 Å². The van der Waals surface area contributed by atoms with Gasteiger partial charge in [0.05, 0.1) is 16.9 Å². The van der Waals surface area contributed by atoms with E-state index in [0.717, 1.165) is 39.4 Å². The standard InChI is InChI=1S/C47H40Cl2N2O12S2/c1-27(52)50(21-29-9-5-4-6-10-29)23-31-11-7-13-33(19-31)42-38(48)40(61-25-36(54)55)44(64-42)46(58)63-47(59)45-41(62-26-37(56)57)39(49)43(65-45)34-14-8-12-32(20-34)24-51(28(2)53)22-30-15-17-35(60-3)18-16-30/h4-20H,21-26H2,1-3H3,(H,54,55)(H,56,57). The van der Waals surface area contributed by atoms with Gasteiger partial charge in [-0.1, -0.05) is 102 Å². The average molecular weight is 960 g/mol. The van der Waals surface area contributed by atoms with E-state index in [1.807, 2.05) is 48.5 Å². The highest BCUT2D eigenvalue weighted by atomic mass is 35.5. The first-order valence-electron chi connectivity index (χ1n) is 19.6. The van der Waals surface area contributed by atoms with Crippen LogP contribution in [0, 0.1) is 0 Å². The average Bonchev–Trinajstić information content (AvgIpc) is 3.80. The number of rotatable bonds is 19. The largest absolute Gasteiger partial charge is 0.497 e. The van der Waals surface area contributed by atoms with Gasteiger partial charge in [0.2, 0.25) is 11.8 Å². The molecule has 0 aliphatic carbocycles. The minimum absolute atomic E-state index is 0.125. The molecule has 0 unspecified atom stereocenters. The molecule has 2 amide bonds. The Labute approximate surface area is 391 Å². The minimum atomic E-state index is -1.37. The molecular formula is C47H40Cl2N2O12S2. The van der Waals surface area contributed by atoms with Gasteiger partial charge in [-0.2, -0.15) is 0 Å². The summed E-state index contributed by atoms with van der Waals surface area (Å²) in [6.07, 6.45) is 0. The summed E-state index contributed by atoms with van der Waals surface area (Å²) < 4.78 is 21.5. The molecule has 18 heteroatoms. The second-order valence-electron chi connectivity index (χ2n) is 14.3. The van der Waals surface area contributed by atoms with Crippen molar-refractivity contribution in [3.63, 3.8) is 0 Å². The number of methoxy groups -OCH3 is 1. The second-order valence-corrected chi connectivity index (χ2v) is 17.1. The molecular weight excluding hydrogens is 920 g/mol. The van der Waals surface area contributed by atoms with Crippen molar-refractivity contribution in [2.24, 2.45) is 0 Å². The van der Waals surface area contributed by atoms with E-state index in [4.69, 9.17) is 42.1 Å². The van der Waals surface area contributed by atoms with Gasteiger partial charge in [-0.05, 0) is 57.6 Å². The number of ether oxygens (including phenoxy) is 4. The van der Waals surface area contributed by atoms with Crippen LogP contribution in [0.2, 0.25) is 10.0 Å². The van der Waals surface area contributed by atoms with Gasteiger partial charge < -0.3 is 39.0 Å². The molecule has 0 aliphatic rings. The van der Waals surface area contributed by atoms with Crippen LogP contribution in [0.15, 0.2) is 103 Å². The molecule has 336 valence electrons. The van der Waals surface area contributed by atoms with Gasteiger partial charge >= 0.3 is 23.9 Å². The number of carboxylic acids is 2. The lowest BCUT2D eigenvalue weighted by Gasteiger charge is -2.22. The van der Waals surface area contributed by atoms with Crippen LogP contribution in [0.4, 0.5) is 0 Å². The summed E-state index contributed by atoms with van der Waals surface area (Å²) in [6.45, 7) is 2.24. The fraction of sp³-hybridized carbons (Fsp3) is 0.191. The normalized spacial score (nSPS) is 10.8. The molecule has 0 saturated heterocycles. The molecule has 2 N–H and O–H groups in total. The molecule has 65 heavy (non-hydrogen) atoms. The first kappa shape index (κ1) is 47.8. The highest BCUT2D eigenvalue weighted by Gasteiger charge is 2.32. The molecule has 0 bridgehead atoms. The lowest BCUT2D eigenvalue weighted by molar-refractivity contribution is -0.140. The first-order chi connectivity index (χ1) is 31.1. The number of thiophene rings is 2. The highest BCUT2D eigenvalue weighted by Crippen LogP contribution is 2.48. The molecule has 0 radical (unpaired) electrons. The lowest BCUT2D eigenvalue weighted by atomic mass is 10.1. The van der Waals surface area contributed by atoms with E-state index in [1.165, 1.54) is 13.8 Å². The minimum Gasteiger partial charge on any atom is -0.497 e. The van der Waals surface area contributed by atoms with Crippen LogP contribution in [0.1, 0.15) is 55.4 Å². The maximum atomic E-state index is 13.9. The van der Waals surface area contributed by atoms with Gasteiger partial charge in [0.15, 0.2) is 34.5 Å². The van der Waals surface area contributed by atoms with E-state index in [9.17, 15) is 39.0 Å². The van der Waals surface area contributed by atoms with E-state index in [0.29, 0.717) is 35.5 Å². The molecule has 6 rings (SSSR count). The second kappa shape index (κ2) is 21.8. The Balaban J connectivity index is 1.28. The summed E-state index contributed by atoms with van der Waals surface area (Å²) in [5, 5.41) is 18.6. The molecule has 0 fully saturated rings. The summed E-state index contributed by atoms with van der Waals surface area (Å²) in [7, 11) is 1.56. The maximum absolute atomic E-state index is 13.9. The Morgan fingerprint density at radius 1 is 0.554 bits per heavy atom. The number of hydrogen-bond acceptors (Lipinski definition) is 12. The fourth-order valence-electron chi connectivity index (χ4n) is 6.51. The SMILES string of the molecule is COc1ccc(CN(Cc2cccc(-c3sc(C(=O)OC(=O)c4sc(-c5cccc(CN(Cc6ccccc6)C(C)=O)c5)c(Cl)c4OCC(=O)O)c(OCC(=O)O)c3Cl)c2)C(C)=O)cc1. The van der Waals surface area contributed by atoms with Crippen molar-refractivity contribution in [1.82, 2.24) is 9.80 Å². The summed E-state index contributed by atoms with van der Waals surface area (Å²) >= 11 is 15.1. The van der Waals surface area contributed by atoms with Crippen molar-refractivity contribution >= 4 is 81.6 Å². The Morgan fingerprint density at radius 3 is 1.35 bits per heavy atom. The Morgan fingerprint density at radius 2 is 0.954 bits per heavy atom. The van der Waals surface area contributed by atoms with Crippen molar-refractivity contribution in [1.29, 1.82) is 0 Å². The van der Waals surface area contributed by atoms with E-state index < -0.39 is 37.1 Å². The van der Waals surface area contributed by atoms with E-state index in [-0.39, 0.29) is 66.0 Å². The third-order valence-corrected chi connectivity index (χ3v) is 13.0. The van der Waals surface area contributed by atoms with Crippen LogP contribution in [0.5, 0.6) is 17.2 Å². The molecule has 2 aromatic heterocycles. The van der Waals surface area contributed by atoms with Crippen molar-refractivity contribution in [2.45, 2.75) is 40.0 Å². The van der Waals surface area contributed by atoms with Crippen molar-refractivity contribution in [3.8, 4) is 38.1 Å². The van der Waals surface area contributed by atoms with E-state index >= 15 is 0 Å². The third kappa shape index (κ3) is 12.3. The fourth-order valence-corrected chi connectivity index (χ4v) is 9.39. The van der Waals surface area contributed by atoms with Crippen molar-refractivity contribution in [2.75, 3.05) is 20.3 Å². The van der Waals surface area contributed by atoms with E-state index in [1.54, 1.807) is 71.5 Å². The summed E-state index contributed by atoms with van der Waals surface area (Å²) in [5.74, 6) is -5.61. The summed E-state index contributed by atoms with van der Waals surface area (Å²) in [5.41, 5.74) is 4.22. The topological polar surface area (TPSA) is 186 Å². The zero-order valence-corrected chi connectivity index (χ0v) is 38.1. The predicted molar refractivity (Wildman–Crippen MR) is 245 cm³/mol. The first-order valence-corrected chi connectivity index (χ1v) is 22.0. The summed E-state index contributed by atoms with van der Waals surface area (Å²) in [6, 6.07) is 30.8. The molecule has 2 heterocycles. The number of hydrogen-bond donors (Lipinski definition) is 2. The van der Waals surface area contributed by atoms with Gasteiger partial charge in [-0.3, -0.25) is 9.59 Å². The number of esters is 2. The van der Waals surface area contributed by atoms with Gasteiger partial charge in [-0.25, -0.2) is 19.2 Å². The molecule has 4 aromatic carbocycles. The van der Waals surface area contributed by atoms with Crippen molar-refractivity contribution < 1.29 is 57.9 Å². The molecule has 0 atom stereocenters. The quantitative estimate of drug-likeness (QED) is 0.0580. The van der Waals surface area contributed by atoms with Crippen LogP contribution in [0.3, 0.4) is 0 Å². The number of benzene rings is 4. The predicted octanol–water partition coefficient (Wildman–Crippen LogP) is 9.48. The number of halogens is 2. The number of aliphatic carboxylic acids is 2. The summed E-state index contributed by atoms with van der Waals surface area (Å²) in [4.78, 5) is 79.5. The number of carboxylic acid groups (broad SMARTS) is 2.